The van der Waals surface area contributed by atoms with E-state index in [1.165, 1.54) is 6.07 Å². The summed E-state index contributed by atoms with van der Waals surface area (Å²) in [7, 11) is 0. The molecule has 0 radical (unpaired) electrons. The standard InChI is InChI=1S/C14H18ClFN2O2/c15-11-2-1-9(7-12(11)16)8-18-5-3-10(4-6-18)13(19)14(17)20/h1-2,7,10,13,19H,3-6,8H2,(H2,17,20)/t13-/m0/s1. The van der Waals surface area contributed by atoms with Gasteiger partial charge < -0.3 is 10.8 Å². The number of piperidine rings is 1. The van der Waals surface area contributed by atoms with Crippen molar-refractivity contribution in [3.05, 3.63) is 34.6 Å². The average molecular weight is 301 g/mol. The van der Waals surface area contributed by atoms with Crippen molar-refractivity contribution in [1.82, 2.24) is 4.90 Å². The summed E-state index contributed by atoms with van der Waals surface area (Å²) < 4.78 is 13.4. The minimum Gasteiger partial charge on any atom is -0.383 e. The van der Waals surface area contributed by atoms with E-state index >= 15 is 0 Å². The molecule has 110 valence electrons. The number of amides is 1. The van der Waals surface area contributed by atoms with Gasteiger partial charge >= 0.3 is 0 Å². The molecule has 2 rings (SSSR count). The molecule has 0 spiro atoms. The number of aliphatic hydroxyl groups is 1. The lowest BCUT2D eigenvalue weighted by Crippen LogP contribution is -2.42. The molecule has 4 nitrogen and oxygen atoms in total. The van der Waals surface area contributed by atoms with Gasteiger partial charge in [0.15, 0.2) is 0 Å². The Morgan fingerprint density at radius 3 is 2.70 bits per heavy atom. The maximum absolute atomic E-state index is 13.4. The lowest BCUT2D eigenvalue weighted by Gasteiger charge is -2.33. The van der Waals surface area contributed by atoms with Gasteiger partial charge in [-0.2, -0.15) is 0 Å². The van der Waals surface area contributed by atoms with E-state index in [4.69, 9.17) is 17.3 Å². The monoisotopic (exact) mass is 300 g/mol. The van der Waals surface area contributed by atoms with Gasteiger partial charge in [0.25, 0.3) is 0 Å². The largest absolute Gasteiger partial charge is 0.383 e. The molecule has 1 atom stereocenters. The second kappa shape index (κ2) is 6.52. The van der Waals surface area contributed by atoms with Crippen molar-refractivity contribution in [3.8, 4) is 0 Å². The van der Waals surface area contributed by atoms with Crippen LogP contribution in [0.5, 0.6) is 0 Å². The van der Waals surface area contributed by atoms with Gasteiger partial charge in [-0.15, -0.1) is 0 Å². The molecular formula is C14H18ClFN2O2. The minimum absolute atomic E-state index is 0.0781. The number of carbonyl (C=O) groups is 1. The Bertz CT molecular complexity index is 490. The molecule has 0 saturated carbocycles. The zero-order chi connectivity index (χ0) is 14.7. The van der Waals surface area contributed by atoms with Gasteiger partial charge in [-0.05, 0) is 49.5 Å². The van der Waals surface area contributed by atoms with Gasteiger partial charge in [-0.1, -0.05) is 17.7 Å². The molecule has 1 heterocycles. The van der Waals surface area contributed by atoms with Crippen molar-refractivity contribution in [2.75, 3.05) is 13.1 Å². The number of carbonyl (C=O) groups excluding carboxylic acids is 1. The predicted octanol–water partition coefficient (Wildman–Crippen LogP) is 1.54. The Morgan fingerprint density at radius 1 is 1.50 bits per heavy atom. The maximum Gasteiger partial charge on any atom is 0.246 e. The fourth-order valence-electron chi connectivity index (χ4n) is 2.56. The first-order chi connectivity index (χ1) is 9.47. The number of nitrogens with two attached hydrogens (primary N) is 1. The van der Waals surface area contributed by atoms with E-state index in [0.29, 0.717) is 19.4 Å². The summed E-state index contributed by atoms with van der Waals surface area (Å²) in [6, 6.07) is 4.79. The van der Waals surface area contributed by atoms with E-state index in [2.05, 4.69) is 4.90 Å². The van der Waals surface area contributed by atoms with Crippen molar-refractivity contribution in [2.24, 2.45) is 11.7 Å². The third-order valence-electron chi connectivity index (χ3n) is 3.76. The minimum atomic E-state index is -1.06. The number of aliphatic hydroxyl groups excluding tert-OH is 1. The van der Waals surface area contributed by atoms with Crippen molar-refractivity contribution >= 4 is 17.5 Å². The fourth-order valence-corrected chi connectivity index (χ4v) is 2.67. The first-order valence-corrected chi connectivity index (χ1v) is 6.99. The number of primary amides is 1. The second-order valence-electron chi connectivity index (χ2n) is 5.21. The highest BCUT2D eigenvalue weighted by molar-refractivity contribution is 6.30. The topological polar surface area (TPSA) is 66.6 Å². The zero-order valence-electron chi connectivity index (χ0n) is 11.1. The molecule has 1 aromatic carbocycles. The number of nitrogens with zero attached hydrogens (tertiary/aromatic N) is 1. The van der Waals surface area contributed by atoms with Crippen LogP contribution in [-0.2, 0) is 11.3 Å². The van der Waals surface area contributed by atoms with Gasteiger partial charge in [0.2, 0.25) is 5.91 Å². The molecule has 1 aliphatic heterocycles. The third-order valence-corrected chi connectivity index (χ3v) is 4.07. The Labute approximate surface area is 122 Å². The summed E-state index contributed by atoms with van der Waals surface area (Å²) in [5.41, 5.74) is 5.96. The lowest BCUT2D eigenvalue weighted by atomic mass is 9.90. The number of benzene rings is 1. The number of hydrogen-bond donors (Lipinski definition) is 2. The highest BCUT2D eigenvalue weighted by Crippen LogP contribution is 2.23. The lowest BCUT2D eigenvalue weighted by molar-refractivity contribution is -0.129. The molecule has 0 bridgehead atoms. The first-order valence-electron chi connectivity index (χ1n) is 6.61. The molecule has 1 amide bonds. The quantitative estimate of drug-likeness (QED) is 0.886. The van der Waals surface area contributed by atoms with Crippen LogP contribution in [0.25, 0.3) is 0 Å². The Morgan fingerprint density at radius 2 is 2.15 bits per heavy atom. The van der Waals surface area contributed by atoms with Crippen LogP contribution in [0.15, 0.2) is 18.2 Å². The number of rotatable bonds is 4. The summed E-state index contributed by atoms with van der Waals surface area (Å²) in [5.74, 6) is -1.16. The summed E-state index contributed by atoms with van der Waals surface area (Å²) in [6.45, 7) is 2.13. The van der Waals surface area contributed by atoms with Crippen molar-refractivity contribution in [1.29, 1.82) is 0 Å². The molecule has 1 aliphatic rings. The fraction of sp³-hybridized carbons (Fsp3) is 0.500. The van der Waals surface area contributed by atoms with E-state index in [-0.39, 0.29) is 10.9 Å². The Hall–Kier alpha value is -1.17. The van der Waals surface area contributed by atoms with Crippen LogP contribution in [0.2, 0.25) is 5.02 Å². The van der Waals surface area contributed by atoms with E-state index in [1.807, 2.05) is 0 Å². The van der Waals surface area contributed by atoms with Crippen molar-refractivity contribution in [3.63, 3.8) is 0 Å². The highest BCUT2D eigenvalue weighted by atomic mass is 35.5. The molecule has 20 heavy (non-hydrogen) atoms. The molecule has 0 aliphatic carbocycles. The van der Waals surface area contributed by atoms with Crippen LogP contribution < -0.4 is 5.73 Å². The molecule has 0 aromatic heterocycles. The molecule has 1 saturated heterocycles. The SMILES string of the molecule is NC(=O)[C@@H](O)C1CCN(Cc2ccc(Cl)c(F)c2)CC1. The maximum atomic E-state index is 13.4. The predicted molar refractivity (Wildman–Crippen MR) is 74.6 cm³/mol. The van der Waals surface area contributed by atoms with E-state index in [0.717, 1.165) is 18.7 Å². The van der Waals surface area contributed by atoms with Crippen LogP contribution in [0.4, 0.5) is 4.39 Å². The first kappa shape index (κ1) is 15.2. The number of likely N-dealkylation sites (tertiary alicyclic amines) is 1. The molecular weight excluding hydrogens is 283 g/mol. The molecule has 1 aromatic rings. The molecule has 1 fully saturated rings. The van der Waals surface area contributed by atoms with Crippen LogP contribution in [-0.4, -0.2) is 35.1 Å². The van der Waals surface area contributed by atoms with Crippen molar-refractivity contribution < 1.29 is 14.3 Å². The number of halogens is 2. The van der Waals surface area contributed by atoms with Gasteiger partial charge in [-0.3, -0.25) is 9.69 Å². The highest BCUT2D eigenvalue weighted by Gasteiger charge is 2.28. The Kier molecular flexibility index (Phi) is 4.96. The second-order valence-corrected chi connectivity index (χ2v) is 5.62. The Balaban J connectivity index is 1.88. The average Bonchev–Trinajstić information content (AvgIpc) is 2.43. The number of hydrogen-bond acceptors (Lipinski definition) is 3. The zero-order valence-corrected chi connectivity index (χ0v) is 11.8. The summed E-state index contributed by atoms with van der Waals surface area (Å²) in [6.07, 6.45) is 0.352. The summed E-state index contributed by atoms with van der Waals surface area (Å²) in [5, 5.41) is 9.76. The summed E-state index contributed by atoms with van der Waals surface area (Å²) in [4.78, 5) is 13.1. The van der Waals surface area contributed by atoms with Gasteiger partial charge in [0.05, 0.1) is 5.02 Å². The van der Waals surface area contributed by atoms with Crippen LogP contribution in [0.3, 0.4) is 0 Å². The van der Waals surface area contributed by atoms with Crippen molar-refractivity contribution in [2.45, 2.75) is 25.5 Å². The van der Waals surface area contributed by atoms with Gasteiger partial charge in [0.1, 0.15) is 11.9 Å². The summed E-state index contributed by atoms with van der Waals surface area (Å²) >= 11 is 5.65. The molecule has 6 heteroatoms. The smallest absolute Gasteiger partial charge is 0.246 e. The molecule has 0 unspecified atom stereocenters. The molecule has 3 N–H and O–H groups in total. The van der Waals surface area contributed by atoms with E-state index < -0.39 is 17.8 Å². The third kappa shape index (κ3) is 3.69. The van der Waals surface area contributed by atoms with Crippen LogP contribution >= 0.6 is 11.6 Å². The van der Waals surface area contributed by atoms with E-state index in [9.17, 15) is 14.3 Å². The van der Waals surface area contributed by atoms with Crippen LogP contribution in [0, 0.1) is 11.7 Å². The van der Waals surface area contributed by atoms with Gasteiger partial charge in [-0.25, -0.2) is 4.39 Å². The van der Waals surface area contributed by atoms with Gasteiger partial charge in [0, 0.05) is 6.54 Å². The van der Waals surface area contributed by atoms with Crippen LogP contribution in [0.1, 0.15) is 18.4 Å². The van der Waals surface area contributed by atoms with E-state index in [1.54, 1.807) is 12.1 Å². The normalized spacial score (nSPS) is 18.9.